The molecule has 0 bridgehead atoms. The minimum atomic E-state index is 0.171. The lowest BCUT2D eigenvalue weighted by Gasteiger charge is -2.12. The molecular weight excluding hydrogens is 526 g/mol. The highest BCUT2D eigenvalue weighted by molar-refractivity contribution is 5.69. The molecule has 0 spiro atoms. The molecule has 0 saturated carbocycles. The maximum Gasteiger partial charge on any atom is 0.187 e. The fourth-order valence-electron chi connectivity index (χ4n) is 4.82. The second-order valence-electron chi connectivity index (χ2n) is 9.56. The summed E-state index contributed by atoms with van der Waals surface area (Å²) in [7, 11) is 0. The Morgan fingerprint density at radius 2 is 0.833 bits per heavy atom. The summed E-state index contributed by atoms with van der Waals surface area (Å²) in [5, 5.41) is 37.8. The van der Waals surface area contributed by atoms with Gasteiger partial charge in [0.05, 0.1) is 0 Å². The summed E-state index contributed by atoms with van der Waals surface area (Å²) in [4.78, 5) is 4.77. The van der Waals surface area contributed by atoms with Gasteiger partial charge in [0, 0.05) is 34.3 Å². The van der Waals surface area contributed by atoms with Gasteiger partial charge in [-0.3, -0.25) is 14.1 Å². The number of aromatic hydroxyl groups is 2. The number of aromatic nitrogens is 7. The summed E-state index contributed by atoms with van der Waals surface area (Å²) in [5.41, 5.74) is 4.76. The van der Waals surface area contributed by atoms with Gasteiger partial charge in [0.15, 0.2) is 23.3 Å². The van der Waals surface area contributed by atoms with Crippen molar-refractivity contribution in [1.82, 2.24) is 34.5 Å². The Balaban J connectivity index is 1.33. The molecule has 3 heterocycles. The van der Waals surface area contributed by atoms with Gasteiger partial charge < -0.3 is 10.2 Å². The van der Waals surface area contributed by atoms with Crippen LogP contribution in [-0.4, -0.2) is 44.7 Å². The Morgan fingerprint density at radius 3 is 1.29 bits per heavy atom. The third-order valence-electron chi connectivity index (χ3n) is 6.86. The molecule has 0 radical (unpaired) electrons. The average molecular weight is 550 g/mol. The molecule has 0 amide bonds. The first-order chi connectivity index (χ1) is 20.7. The largest absolute Gasteiger partial charge is 0.508 e. The van der Waals surface area contributed by atoms with Crippen LogP contribution in [0.1, 0.15) is 0 Å². The van der Waals surface area contributed by atoms with Gasteiger partial charge in [0.1, 0.15) is 17.2 Å². The number of hydrogen-bond donors (Lipinski definition) is 2. The highest BCUT2D eigenvalue weighted by Gasteiger charge is 2.20. The fraction of sp³-hybridized carbons (Fsp3) is 0. The van der Waals surface area contributed by atoms with Crippen LogP contribution < -0.4 is 0 Å². The van der Waals surface area contributed by atoms with Crippen molar-refractivity contribution in [3.8, 4) is 68.6 Å². The molecule has 202 valence electrons. The van der Waals surface area contributed by atoms with E-state index in [1.165, 1.54) is 0 Å². The van der Waals surface area contributed by atoms with E-state index < -0.39 is 0 Å². The van der Waals surface area contributed by atoms with E-state index in [2.05, 4.69) is 20.4 Å². The second kappa shape index (κ2) is 10.5. The van der Waals surface area contributed by atoms with Gasteiger partial charge in [0.25, 0.3) is 0 Å². The summed E-state index contributed by atoms with van der Waals surface area (Å²) in [6.45, 7) is 0. The third-order valence-corrected chi connectivity index (χ3v) is 6.86. The molecule has 4 aromatic carbocycles. The van der Waals surface area contributed by atoms with Crippen molar-refractivity contribution in [1.29, 1.82) is 0 Å². The Bertz CT molecular complexity index is 1820. The van der Waals surface area contributed by atoms with E-state index in [1.807, 2.05) is 106 Å². The van der Waals surface area contributed by atoms with Crippen molar-refractivity contribution in [3.05, 3.63) is 128 Å². The highest BCUT2D eigenvalue weighted by atomic mass is 16.3. The van der Waals surface area contributed by atoms with Crippen molar-refractivity contribution in [2.24, 2.45) is 0 Å². The van der Waals surface area contributed by atoms with Gasteiger partial charge in [-0.15, -0.1) is 20.4 Å². The lowest BCUT2D eigenvalue weighted by molar-refractivity contribution is 0.474. The van der Waals surface area contributed by atoms with E-state index in [0.29, 0.717) is 29.0 Å². The van der Waals surface area contributed by atoms with Crippen LogP contribution in [-0.2, 0) is 0 Å². The summed E-state index contributed by atoms with van der Waals surface area (Å²) in [6, 6.07) is 37.2. The molecule has 3 aromatic heterocycles. The normalized spacial score (nSPS) is 11.0. The topological polar surface area (TPSA) is 115 Å². The first-order valence-corrected chi connectivity index (χ1v) is 13.2. The lowest BCUT2D eigenvalue weighted by atomic mass is 10.1. The first-order valence-electron chi connectivity index (χ1n) is 13.2. The minimum absolute atomic E-state index is 0.171. The zero-order chi connectivity index (χ0) is 28.5. The van der Waals surface area contributed by atoms with E-state index in [0.717, 1.165) is 28.1 Å². The number of phenols is 2. The summed E-state index contributed by atoms with van der Waals surface area (Å²) >= 11 is 0. The standard InChI is InChI=1S/C33H23N7O2/c41-27-16-12-25(13-17-27)39-30(22-7-3-1-4-8-22)35-37-32(39)24-11-20-29(34-21-24)33-38-36-31(23-9-5-2-6-10-23)40(33)26-14-18-28(42)19-15-26/h1-21,41-42H. The Morgan fingerprint density at radius 1 is 0.405 bits per heavy atom. The number of hydrogen-bond acceptors (Lipinski definition) is 7. The predicted molar refractivity (Wildman–Crippen MR) is 159 cm³/mol. The van der Waals surface area contributed by atoms with E-state index in [4.69, 9.17) is 4.98 Å². The van der Waals surface area contributed by atoms with Crippen molar-refractivity contribution >= 4 is 0 Å². The average Bonchev–Trinajstić information content (AvgIpc) is 3.69. The number of phenolic OH excluding ortho intramolecular Hbond substituents is 2. The lowest BCUT2D eigenvalue weighted by Crippen LogP contribution is -2.02. The summed E-state index contributed by atoms with van der Waals surface area (Å²) < 4.78 is 3.86. The zero-order valence-electron chi connectivity index (χ0n) is 22.1. The fourth-order valence-corrected chi connectivity index (χ4v) is 4.82. The zero-order valence-corrected chi connectivity index (χ0v) is 22.1. The Hall–Kier alpha value is -6.09. The number of pyridine rings is 1. The smallest absolute Gasteiger partial charge is 0.187 e. The second-order valence-corrected chi connectivity index (χ2v) is 9.56. The predicted octanol–water partition coefficient (Wildman–Crippen LogP) is 6.32. The molecule has 0 unspecified atom stereocenters. The summed E-state index contributed by atoms with van der Waals surface area (Å²) in [6.07, 6.45) is 1.74. The quantitative estimate of drug-likeness (QED) is 0.249. The highest BCUT2D eigenvalue weighted by Crippen LogP contribution is 2.32. The third kappa shape index (κ3) is 4.54. The van der Waals surface area contributed by atoms with Gasteiger partial charge in [-0.25, -0.2) is 0 Å². The van der Waals surface area contributed by atoms with Crippen LogP contribution in [0.25, 0.3) is 57.1 Å². The Labute approximate surface area is 240 Å². The van der Waals surface area contributed by atoms with E-state index >= 15 is 0 Å². The molecule has 0 aliphatic rings. The van der Waals surface area contributed by atoms with Crippen LogP contribution in [0.3, 0.4) is 0 Å². The summed E-state index contributed by atoms with van der Waals surface area (Å²) in [5.74, 6) is 2.82. The maximum absolute atomic E-state index is 9.88. The van der Waals surface area contributed by atoms with Crippen LogP contribution in [0.15, 0.2) is 128 Å². The van der Waals surface area contributed by atoms with Gasteiger partial charge in [-0.2, -0.15) is 0 Å². The van der Waals surface area contributed by atoms with Crippen LogP contribution in [0, 0.1) is 0 Å². The van der Waals surface area contributed by atoms with Crippen molar-refractivity contribution in [2.75, 3.05) is 0 Å². The first kappa shape index (κ1) is 24.9. The van der Waals surface area contributed by atoms with E-state index in [1.54, 1.807) is 30.5 Å². The molecule has 0 atom stereocenters. The molecule has 0 fully saturated rings. The van der Waals surface area contributed by atoms with E-state index in [9.17, 15) is 10.2 Å². The molecule has 2 N–H and O–H groups in total. The van der Waals surface area contributed by atoms with Crippen molar-refractivity contribution < 1.29 is 10.2 Å². The van der Waals surface area contributed by atoms with Gasteiger partial charge in [-0.1, -0.05) is 60.7 Å². The molecule has 0 aliphatic heterocycles. The molecule has 0 saturated heterocycles. The van der Waals surface area contributed by atoms with Crippen molar-refractivity contribution in [2.45, 2.75) is 0 Å². The van der Waals surface area contributed by atoms with Gasteiger partial charge in [-0.05, 0) is 60.7 Å². The molecule has 9 heteroatoms. The minimum Gasteiger partial charge on any atom is -0.508 e. The molecule has 7 aromatic rings. The SMILES string of the molecule is Oc1ccc(-n2c(-c3ccccc3)nnc2-c2ccc(-c3nnc(-c4ccccc4)n3-c3ccc(O)cc3)nc2)cc1. The van der Waals surface area contributed by atoms with Crippen LogP contribution in [0.2, 0.25) is 0 Å². The van der Waals surface area contributed by atoms with Crippen molar-refractivity contribution in [3.63, 3.8) is 0 Å². The Kier molecular flexibility index (Phi) is 6.21. The van der Waals surface area contributed by atoms with Crippen LogP contribution in [0.5, 0.6) is 11.5 Å². The maximum atomic E-state index is 9.88. The van der Waals surface area contributed by atoms with Gasteiger partial charge >= 0.3 is 0 Å². The molecule has 0 aliphatic carbocycles. The molecule has 42 heavy (non-hydrogen) atoms. The monoisotopic (exact) mass is 549 g/mol. The molecular formula is C33H23N7O2. The number of rotatable bonds is 6. The number of benzene rings is 4. The van der Waals surface area contributed by atoms with Gasteiger partial charge in [0.2, 0.25) is 0 Å². The molecule has 9 nitrogen and oxygen atoms in total. The number of nitrogens with zero attached hydrogens (tertiary/aromatic N) is 7. The van der Waals surface area contributed by atoms with Crippen LogP contribution >= 0.6 is 0 Å². The van der Waals surface area contributed by atoms with E-state index in [-0.39, 0.29) is 11.5 Å². The van der Waals surface area contributed by atoms with Crippen LogP contribution in [0.4, 0.5) is 0 Å². The molecule has 7 rings (SSSR count).